The molecule has 2 aromatic rings. The fourth-order valence-corrected chi connectivity index (χ4v) is 1.79. The van der Waals surface area contributed by atoms with E-state index in [1.807, 2.05) is 35.9 Å². The summed E-state index contributed by atoms with van der Waals surface area (Å²) in [4.78, 5) is 16.0. The second kappa shape index (κ2) is 5.08. The lowest BCUT2D eigenvalue weighted by Crippen LogP contribution is -2.29. The highest BCUT2D eigenvalue weighted by molar-refractivity contribution is 5.81. The van der Waals surface area contributed by atoms with Crippen molar-refractivity contribution in [3.8, 4) is 0 Å². The molecule has 1 aromatic heterocycles. The molecule has 1 N–H and O–H groups in total. The number of aromatic nitrogens is 2. The van der Waals surface area contributed by atoms with Crippen molar-refractivity contribution in [1.29, 1.82) is 0 Å². The molecule has 5 heteroatoms. The number of aryl methyl sites for hydroxylation is 1. The van der Waals surface area contributed by atoms with Crippen molar-refractivity contribution in [2.75, 3.05) is 11.9 Å². The number of nitrogens with one attached hydrogen (secondary N) is 1. The zero-order valence-electron chi connectivity index (χ0n) is 10.8. The minimum Gasteiger partial charge on any atom is -0.464 e. The first kappa shape index (κ1) is 12.4. The van der Waals surface area contributed by atoms with Gasteiger partial charge in [-0.3, -0.25) is 0 Å². The Hall–Kier alpha value is -2.04. The summed E-state index contributed by atoms with van der Waals surface area (Å²) in [6.45, 7) is 3.93. The first-order valence-corrected chi connectivity index (χ1v) is 5.98. The lowest BCUT2D eigenvalue weighted by Gasteiger charge is -2.13. The van der Waals surface area contributed by atoms with Gasteiger partial charge in [0.05, 0.1) is 17.6 Å². The van der Waals surface area contributed by atoms with Gasteiger partial charge >= 0.3 is 5.97 Å². The van der Waals surface area contributed by atoms with E-state index in [4.69, 9.17) is 4.74 Å². The summed E-state index contributed by atoms with van der Waals surface area (Å²) in [7, 11) is 1.91. The van der Waals surface area contributed by atoms with Crippen LogP contribution in [0, 0.1) is 0 Å². The maximum Gasteiger partial charge on any atom is 0.328 e. The molecular formula is C13H17N3O2. The molecule has 0 aliphatic heterocycles. The molecule has 0 bridgehead atoms. The Bertz CT molecular complexity index is 562. The van der Waals surface area contributed by atoms with Gasteiger partial charge in [0.25, 0.3) is 0 Å². The van der Waals surface area contributed by atoms with E-state index in [0.717, 1.165) is 11.0 Å². The van der Waals surface area contributed by atoms with Gasteiger partial charge in [0.1, 0.15) is 6.04 Å². The first-order valence-electron chi connectivity index (χ1n) is 5.98. The van der Waals surface area contributed by atoms with Crippen LogP contribution in [0.2, 0.25) is 0 Å². The molecule has 1 unspecified atom stereocenters. The number of hydrogen-bond donors (Lipinski definition) is 1. The molecule has 1 heterocycles. The smallest absolute Gasteiger partial charge is 0.328 e. The van der Waals surface area contributed by atoms with E-state index < -0.39 is 6.04 Å². The predicted octanol–water partition coefficient (Wildman–Crippen LogP) is 1.94. The highest BCUT2D eigenvalue weighted by Gasteiger charge is 2.16. The number of imidazole rings is 1. The number of para-hydroxylation sites is 2. The van der Waals surface area contributed by atoms with Gasteiger partial charge in [-0.1, -0.05) is 12.1 Å². The van der Waals surface area contributed by atoms with Gasteiger partial charge in [-0.15, -0.1) is 0 Å². The molecule has 96 valence electrons. The van der Waals surface area contributed by atoms with Crippen LogP contribution in [-0.4, -0.2) is 28.2 Å². The molecule has 1 atom stereocenters. The number of nitrogens with zero attached hydrogens (tertiary/aromatic N) is 2. The monoisotopic (exact) mass is 247 g/mol. The Balaban J connectivity index is 2.21. The van der Waals surface area contributed by atoms with E-state index >= 15 is 0 Å². The number of carbonyl (C=O) groups excluding carboxylic acids is 1. The van der Waals surface area contributed by atoms with Crippen molar-refractivity contribution in [3.05, 3.63) is 24.3 Å². The number of carbonyl (C=O) groups is 1. The van der Waals surface area contributed by atoms with E-state index in [-0.39, 0.29) is 5.97 Å². The van der Waals surface area contributed by atoms with Crippen LogP contribution in [0.15, 0.2) is 24.3 Å². The minimum absolute atomic E-state index is 0.274. The molecule has 0 aliphatic rings. The maximum absolute atomic E-state index is 11.6. The van der Waals surface area contributed by atoms with Crippen LogP contribution in [0.1, 0.15) is 13.8 Å². The van der Waals surface area contributed by atoms with Gasteiger partial charge in [-0.05, 0) is 26.0 Å². The van der Waals surface area contributed by atoms with Gasteiger partial charge in [0.2, 0.25) is 5.95 Å². The minimum atomic E-state index is -0.416. The average molecular weight is 247 g/mol. The molecule has 0 aliphatic carbocycles. The van der Waals surface area contributed by atoms with Gasteiger partial charge in [0, 0.05) is 7.05 Å². The summed E-state index contributed by atoms with van der Waals surface area (Å²) in [5.74, 6) is 0.390. The van der Waals surface area contributed by atoms with Crippen molar-refractivity contribution in [3.63, 3.8) is 0 Å². The number of ether oxygens (including phenoxy) is 1. The first-order chi connectivity index (χ1) is 8.63. The summed E-state index contributed by atoms with van der Waals surface area (Å²) >= 11 is 0. The van der Waals surface area contributed by atoms with Crippen LogP contribution >= 0.6 is 0 Å². The molecule has 0 saturated heterocycles. The number of esters is 1. The summed E-state index contributed by atoms with van der Waals surface area (Å²) in [6, 6.07) is 7.41. The van der Waals surface area contributed by atoms with E-state index in [2.05, 4.69) is 10.3 Å². The summed E-state index contributed by atoms with van der Waals surface area (Å²) < 4.78 is 6.87. The average Bonchev–Trinajstić information content (AvgIpc) is 2.67. The molecule has 0 saturated carbocycles. The van der Waals surface area contributed by atoms with E-state index in [1.54, 1.807) is 13.8 Å². The lowest BCUT2D eigenvalue weighted by molar-refractivity contribution is -0.143. The third-order valence-electron chi connectivity index (χ3n) is 2.77. The zero-order chi connectivity index (χ0) is 13.1. The Labute approximate surface area is 106 Å². The second-order valence-electron chi connectivity index (χ2n) is 4.10. The Morgan fingerprint density at radius 3 is 2.89 bits per heavy atom. The predicted molar refractivity (Wildman–Crippen MR) is 70.4 cm³/mol. The van der Waals surface area contributed by atoms with E-state index in [0.29, 0.717) is 12.6 Å². The lowest BCUT2D eigenvalue weighted by atomic mass is 10.3. The quantitative estimate of drug-likeness (QED) is 0.839. The molecule has 2 rings (SSSR count). The maximum atomic E-state index is 11.6. The largest absolute Gasteiger partial charge is 0.464 e. The highest BCUT2D eigenvalue weighted by atomic mass is 16.5. The van der Waals surface area contributed by atoms with E-state index in [1.165, 1.54) is 0 Å². The molecule has 0 fully saturated rings. The van der Waals surface area contributed by atoms with Crippen molar-refractivity contribution in [2.24, 2.45) is 7.05 Å². The Morgan fingerprint density at radius 2 is 2.22 bits per heavy atom. The topological polar surface area (TPSA) is 56.1 Å². The highest BCUT2D eigenvalue weighted by Crippen LogP contribution is 2.18. The van der Waals surface area contributed by atoms with Crippen molar-refractivity contribution in [2.45, 2.75) is 19.9 Å². The molecule has 18 heavy (non-hydrogen) atoms. The SMILES string of the molecule is CCOC(=O)C(C)Nc1nc2ccccc2n1C. The van der Waals surface area contributed by atoms with Gasteiger partial charge < -0.3 is 14.6 Å². The number of anilines is 1. The zero-order valence-corrected chi connectivity index (χ0v) is 10.8. The van der Waals surface area contributed by atoms with Crippen LogP contribution in [0.25, 0.3) is 11.0 Å². The number of fused-ring (bicyclic) bond motifs is 1. The normalized spacial score (nSPS) is 12.4. The summed E-state index contributed by atoms with van der Waals surface area (Å²) in [5, 5.41) is 3.06. The summed E-state index contributed by atoms with van der Waals surface area (Å²) in [5.41, 5.74) is 1.93. The van der Waals surface area contributed by atoms with Crippen LogP contribution in [0.4, 0.5) is 5.95 Å². The third kappa shape index (κ3) is 2.30. The van der Waals surface area contributed by atoms with Crippen molar-refractivity contribution >= 4 is 23.0 Å². The standard InChI is InChI=1S/C13H17N3O2/c1-4-18-12(17)9(2)14-13-15-10-7-5-6-8-11(10)16(13)3/h5-9H,4H2,1-3H3,(H,14,15). The molecule has 5 nitrogen and oxygen atoms in total. The Kier molecular flexibility index (Phi) is 3.50. The molecular weight excluding hydrogens is 230 g/mol. The van der Waals surface area contributed by atoms with Crippen LogP contribution in [0.5, 0.6) is 0 Å². The van der Waals surface area contributed by atoms with Crippen LogP contribution in [-0.2, 0) is 16.6 Å². The fourth-order valence-electron chi connectivity index (χ4n) is 1.79. The molecule has 1 aromatic carbocycles. The van der Waals surface area contributed by atoms with Gasteiger partial charge in [-0.2, -0.15) is 0 Å². The molecule has 0 amide bonds. The number of benzene rings is 1. The summed E-state index contributed by atoms with van der Waals surface area (Å²) in [6.07, 6.45) is 0. The number of rotatable bonds is 4. The van der Waals surface area contributed by atoms with Gasteiger partial charge in [0.15, 0.2) is 0 Å². The third-order valence-corrected chi connectivity index (χ3v) is 2.77. The second-order valence-corrected chi connectivity index (χ2v) is 4.10. The Morgan fingerprint density at radius 1 is 1.50 bits per heavy atom. The van der Waals surface area contributed by atoms with Crippen molar-refractivity contribution in [1.82, 2.24) is 9.55 Å². The van der Waals surface area contributed by atoms with Gasteiger partial charge in [-0.25, -0.2) is 9.78 Å². The van der Waals surface area contributed by atoms with Crippen LogP contribution in [0.3, 0.4) is 0 Å². The van der Waals surface area contributed by atoms with E-state index in [9.17, 15) is 4.79 Å². The fraction of sp³-hybridized carbons (Fsp3) is 0.385. The number of hydrogen-bond acceptors (Lipinski definition) is 4. The molecule has 0 radical (unpaired) electrons. The van der Waals surface area contributed by atoms with Crippen molar-refractivity contribution < 1.29 is 9.53 Å². The van der Waals surface area contributed by atoms with Crippen LogP contribution < -0.4 is 5.32 Å². The molecule has 0 spiro atoms.